The van der Waals surface area contributed by atoms with Crippen LogP contribution < -0.4 is 5.56 Å². The third-order valence-corrected chi connectivity index (χ3v) is 5.38. The van der Waals surface area contributed by atoms with Crippen molar-refractivity contribution in [3.63, 3.8) is 0 Å². The number of aromatic carboxylic acids is 1. The molecule has 2 heterocycles. The minimum Gasteiger partial charge on any atom is -0.478 e. The summed E-state index contributed by atoms with van der Waals surface area (Å²) in [7, 11) is 0. The van der Waals surface area contributed by atoms with Gasteiger partial charge in [0.25, 0.3) is 5.56 Å². The Labute approximate surface area is 170 Å². The number of carboxylic acids is 1. The van der Waals surface area contributed by atoms with Gasteiger partial charge in [-0.3, -0.25) is 4.79 Å². The number of aromatic nitrogens is 2. The van der Waals surface area contributed by atoms with Crippen molar-refractivity contribution in [2.24, 2.45) is 0 Å². The van der Waals surface area contributed by atoms with Crippen molar-refractivity contribution in [3.05, 3.63) is 98.9 Å². The van der Waals surface area contributed by atoms with Crippen LogP contribution in [-0.4, -0.2) is 20.6 Å². The van der Waals surface area contributed by atoms with Crippen LogP contribution in [0.25, 0.3) is 10.2 Å². The second kappa shape index (κ2) is 8.13. The van der Waals surface area contributed by atoms with Crippen LogP contribution in [0.15, 0.2) is 71.7 Å². The van der Waals surface area contributed by atoms with Crippen LogP contribution in [0, 0.1) is 11.8 Å². The molecule has 2 aromatic carbocycles. The van der Waals surface area contributed by atoms with Crippen LogP contribution in [-0.2, 0) is 13.0 Å². The molecule has 0 radical (unpaired) electrons. The van der Waals surface area contributed by atoms with Gasteiger partial charge in [-0.15, -0.1) is 11.3 Å². The number of nitrogens with zero attached hydrogens (tertiary/aromatic N) is 2. The van der Waals surface area contributed by atoms with E-state index in [1.54, 1.807) is 24.4 Å². The molecule has 0 fully saturated rings. The molecule has 0 amide bonds. The Kier molecular flexibility index (Phi) is 5.23. The minimum atomic E-state index is -1.01. The Bertz CT molecular complexity index is 1310. The number of pyridine rings is 1. The second-order valence-corrected chi connectivity index (χ2v) is 7.44. The Morgan fingerprint density at radius 3 is 2.62 bits per heavy atom. The summed E-state index contributed by atoms with van der Waals surface area (Å²) in [6.07, 6.45) is 2.29. The van der Waals surface area contributed by atoms with Gasteiger partial charge >= 0.3 is 5.97 Å². The topological polar surface area (TPSA) is 72.2 Å². The molecular weight excluding hydrogens is 384 g/mol. The van der Waals surface area contributed by atoms with Crippen LogP contribution in [0.2, 0.25) is 0 Å². The number of benzene rings is 2. The summed E-state index contributed by atoms with van der Waals surface area (Å²) >= 11 is 1.38. The highest BCUT2D eigenvalue weighted by Gasteiger charge is 2.12. The summed E-state index contributed by atoms with van der Waals surface area (Å²) < 4.78 is 2.24. The van der Waals surface area contributed by atoms with E-state index in [2.05, 4.69) is 16.8 Å². The first-order valence-corrected chi connectivity index (χ1v) is 9.77. The minimum absolute atomic E-state index is 0.170. The lowest BCUT2D eigenvalue weighted by Crippen LogP contribution is -2.21. The normalized spacial score (nSPS) is 10.5. The van der Waals surface area contributed by atoms with Gasteiger partial charge < -0.3 is 9.67 Å². The van der Waals surface area contributed by atoms with Crippen LogP contribution >= 0.6 is 11.3 Å². The van der Waals surface area contributed by atoms with E-state index in [-0.39, 0.29) is 17.7 Å². The molecule has 29 heavy (non-hydrogen) atoms. The van der Waals surface area contributed by atoms with Gasteiger partial charge in [0, 0.05) is 12.6 Å². The lowest BCUT2D eigenvalue weighted by atomic mass is 10.1. The molecule has 0 spiro atoms. The zero-order valence-electron chi connectivity index (χ0n) is 15.3. The number of fused-ring (bicyclic) bond motifs is 1. The van der Waals surface area contributed by atoms with Gasteiger partial charge in [-0.2, -0.15) is 0 Å². The third kappa shape index (κ3) is 4.10. The number of thiazole rings is 1. The number of rotatable bonds is 4. The van der Waals surface area contributed by atoms with E-state index in [9.17, 15) is 14.7 Å². The van der Waals surface area contributed by atoms with E-state index < -0.39 is 5.97 Å². The van der Waals surface area contributed by atoms with E-state index in [1.165, 1.54) is 22.0 Å². The Hall–Kier alpha value is -3.69. The maximum absolute atomic E-state index is 12.8. The molecular formula is C23H16N2O3S. The fraction of sp³-hybridized carbons (Fsp3) is 0.0870. The van der Waals surface area contributed by atoms with Gasteiger partial charge in [-0.1, -0.05) is 54.5 Å². The van der Waals surface area contributed by atoms with Crippen molar-refractivity contribution in [2.75, 3.05) is 0 Å². The highest BCUT2D eigenvalue weighted by atomic mass is 32.1. The van der Waals surface area contributed by atoms with Crippen LogP contribution in [0.4, 0.5) is 0 Å². The SMILES string of the molecule is O=C(O)c1ccccc1Cn1ccc2sc(C#CCc3ccccc3)nc2c1=O. The molecule has 0 saturated carbocycles. The van der Waals surface area contributed by atoms with Crippen molar-refractivity contribution >= 4 is 27.5 Å². The molecule has 0 aliphatic rings. The summed E-state index contributed by atoms with van der Waals surface area (Å²) in [6, 6.07) is 18.4. The molecule has 0 atom stereocenters. The average molecular weight is 400 g/mol. The molecule has 5 nitrogen and oxygen atoms in total. The van der Waals surface area contributed by atoms with Crippen molar-refractivity contribution in [1.29, 1.82) is 0 Å². The first-order valence-electron chi connectivity index (χ1n) is 8.96. The number of carbonyl (C=O) groups is 1. The van der Waals surface area contributed by atoms with Crippen LogP contribution in [0.1, 0.15) is 26.5 Å². The van der Waals surface area contributed by atoms with Gasteiger partial charge in [0.15, 0.2) is 5.01 Å². The lowest BCUT2D eigenvalue weighted by molar-refractivity contribution is 0.0695. The number of hydrogen-bond acceptors (Lipinski definition) is 4. The molecule has 4 rings (SSSR count). The summed E-state index contributed by atoms with van der Waals surface area (Å²) in [6.45, 7) is 0.170. The molecule has 1 N–H and O–H groups in total. The van der Waals surface area contributed by atoms with Gasteiger partial charge in [0.05, 0.1) is 16.8 Å². The van der Waals surface area contributed by atoms with E-state index in [0.717, 1.165) is 10.3 Å². The monoisotopic (exact) mass is 400 g/mol. The van der Waals surface area contributed by atoms with Gasteiger partial charge in [-0.25, -0.2) is 9.78 Å². The smallest absolute Gasteiger partial charge is 0.336 e. The van der Waals surface area contributed by atoms with E-state index in [4.69, 9.17) is 0 Å². The predicted octanol–water partition coefficient (Wildman–Crippen LogP) is 3.80. The first kappa shape index (κ1) is 18.7. The molecule has 0 aliphatic carbocycles. The van der Waals surface area contributed by atoms with Crippen LogP contribution in [0.3, 0.4) is 0 Å². The summed E-state index contributed by atoms with van der Waals surface area (Å²) in [5.41, 5.74) is 1.98. The summed E-state index contributed by atoms with van der Waals surface area (Å²) in [4.78, 5) is 28.6. The van der Waals surface area contributed by atoms with E-state index in [1.807, 2.05) is 36.4 Å². The molecule has 0 saturated heterocycles. The zero-order chi connectivity index (χ0) is 20.2. The summed E-state index contributed by atoms with van der Waals surface area (Å²) in [5.74, 6) is 5.12. The molecule has 2 aromatic heterocycles. The molecule has 4 aromatic rings. The molecule has 142 valence electrons. The Morgan fingerprint density at radius 1 is 1.07 bits per heavy atom. The predicted molar refractivity (Wildman–Crippen MR) is 113 cm³/mol. The largest absolute Gasteiger partial charge is 0.478 e. The summed E-state index contributed by atoms with van der Waals surface area (Å²) in [5, 5.41) is 9.93. The number of hydrogen-bond donors (Lipinski definition) is 1. The van der Waals surface area contributed by atoms with Crippen molar-refractivity contribution in [3.8, 4) is 11.8 Å². The van der Waals surface area contributed by atoms with Gasteiger partial charge in [-0.05, 0) is 29.2 Å². The maximum atomic E-state index is 12.8. The molecule has 0 bridgehead atoms. The molecule has 6 heteroatoms. The molecule has 0 aliphatic heterocycles. The first-order chi connectivity index (χ1) is 14.1. The fourth-order valence-electron chi connectivity index (χ4n) is 3.01. The fourth-order valence-corrected chi connectivity index (χ4v) is 3.83. The quantitative estimate of drug-likeness (QED) is 0.529. The average Bonchev–Trinajstić information content (AvgIpc) is 3.15. The van der Waals surface area contributed by atoms with Gasteiger partial charge in [0.2, 0.25) is 0 Å². The zero-order valence-corrected chi connectivity index (χ0v) is 16.1. The standard InChI is InChI=1S/C23H16N2O3S/c26-22-21-19(29-20(24-21)12-6-9-16-7-2-1-3-8-16)13-14-25(22)15-17-10-4-5-11-18(17)23(27)28/h1-5,7-8,10-11,13-14H,9,15H2,(H,27,28). The third-order valence-electron chi connectivity index (χ3n) is 4.44. The number of carboxylic acid groups (broad SMARTS) is 1. The van der Waals surface area contributed by atoms with Crippen molar-refractivity contribution < 1.29 is 9.90 Å². The lowest BCUT2D eigenvalue weighted by Gasteiger charge is -2.08. The van der Waals surface area contributed by atoms with Crippen LogP contribution in [0.5, 0.6) is 0 Å². The molecule has 0 unspecified atom stereocenters. The second-order valence-electron chi connectivity index (χ2n) is 6.41. The highest BCUT2D eigenvalue weighted by molar-refractivity contribution is 7.19. The van der Waals surface area contributed by atoms with E-state index in [0.29, 0.717) is 22.5 Å². The highest BCUT2D eigenvalue weighted by Crippen LogP contribution is 2.19. The van der Waals surface area contributed by atoms with E-state index >= 15 is 0 Å². The van der Waals surface area contributed by atoms with Crippen molar-refractivity contribution in [2.45, 2.75) is 13.0 Å². The Balaban J connectivity index is 1.62. The van der Waals surface area contributed by atoms with Gasteiger partial charge in [0.1, 0.15) is 5.52 Å². The maximum Gasteiger partial charge on any atom is 0.336 e. The Morgan fingerprint density at radius 2 is 1.83 bits per heavy atom. The van der Waals surface area contributed by atoms with Crippen molar-refractivity contribution in [1.82, 2.24) is 9.55 Å².